The predicted octanol–water partition coefficient (Wildman–Crippen LogP) is 2.43. The molecule has 0 radical (unpaired) electrons. The third-order valence-electron chi connectivity index (χ3n) is 2.32. The van der Waals surface area contributed by atoms with Gasteiger partial charge < -0.3 is 4.74 Å². The average Bonchev–Trinajstić information content (AvgIpc) is 1.82. The summed E-state index contributed by atoms with van der Waals surface area (Å²) < 4.78 is 5.58. The van der Waals surface area contributed by atoms with Gasteiger partial charge in [-0.15, -0.1) is 11.6 Å². The lowest BCUT2D eigenvalue weighted by molar-refractivity contribution is -0.0571. The summed E-state index contributed by atoms with van der Waals surface area (Å²) in [4.78, 5) is 0. The molecule has 60 valence electrons. The van der Waals surface area contributed by atoms with Crippen molar-refractivity contribution >= 4 is 11.6 Å². The van der Waals surface area contributed by atoms with Crippen molar-refractivity contribution in [2.75, 3.05) is 0 Å². The Hall–Kier alpha value is 0.250. The van der Waals surface area contributed by atoms with Crippen LogP contribution in [0.15, 0.2) is 0 Å². The van der Waals surface area contributed by atoms with Gasteiger partial charge in [0.2, 0.25) is 0 Å². The van der Waals surface area contributed by atoms with Crippen molar-refractivity contribution in [1.29, 1.82) is 0 Å². The number of alkyl halides is 1. The lowest BCUT2D eigenvalue weighted by atomic mass is 9.94. The third-order valence-corrected chi connectivity index (χ3v) is 2.89. The van der Waals surface area contributed by atoms with Crippen molar-refractivity contribution in [1.82, 2.24) is 0 Å². The van der Waals surface area contributed by atoms with Crippen molar-refractivity contribution in [3.63, 3.8) is 0 Å². The molecule has 0 amide bonds. The first-order valence-electron chi connectivity index (χ1n) is 3.90. The summed E-state index contributed by atoms with van der Waals surface area (Å²) in [6.45, 7) is 6.32. The molecule has 4 atom stereocenters. The van der Waals surface area contributed by atoms with Crippen LogP contribution in [-0.2, 0) is 4.74 Å². The zero-order valence-corrected chi connectivity index (χ0v) is 7.56. The van der Waals surface area contributed by atoms with E-state index in [1.54, 1.807) is 0 Å². The van der Waals surface area contributed by atoms with E-state index in [9.17, 15) is 0 Å². The van der Waals surface area contributed by atoms with Crippen LogP contribution in [-0.4, -0.2) is 17.6 Å². The first-order chi connectivity index (χ1) is 4.61. The van der Waals surface area contributed by atoms with E-state index < -0.39 is 0 Å². The highest BCUT2D eigenvalue weighted by atomic mass is 35.5. The molecule has 0 bridgehead atoms. The molecular weight excluding hydrogens is 148 g/mol. The molecular formula is C8H15ClO. The second kappa shape index (κ2) is 3.10. The summed E-state index contributed by atoms with van der Waals surface area (Å²) in [7, 11) is 0. The fraction of sp³-hybridized carbons (Fsp3) is 1.00. The summed E-state index contributed by atoms with van der Waals surface area (Å²) in [6, 6.07) is 0. The minimum Gasteiger partial charge on any atom is -0.375 e. The molecule has 1 aliphatic rings. The fourth-order valence-electron chi connectivity index (χ4n) is 1.37. The smallest absolute Gasteiger partial charge is 0.0590 e. The van der Waals surface area contributed by atoms with Gasteiger partial charge in [-0.05, 0) is 26.2 Å². The van der Waals surface area contributed by atoms with E-state index in [0.717, 1.165) is 6.42 Å². The molecule has 0 aromatic rings. The van der Waals surface area contributed by atoms with E-state index in [4.69, 9.17) is 16.3 Å². The highest BCUT2D eigenvalue weighted by molar-refractivity contribution is 6.20. The SMILES string of the molecule is CC1CC(Cl)C(C)C(C)O1. The molecule has 2 heteroatoms. The molecule has 0 saturated carbocycles. The van der Waals surface area contributed by atoms with Gasteiger partial charge in [-0.2, -0.15) is 0 Å². The van der Waals surface area contributed by atoms with E-state index in [2.05, 4.69) is 20.8 Å². The van der Waals surface area contributed by atoms with E-state index >= 15 is 0 Å². The van der Waals surface area contributed by atoms with Crippen LogP contribution in [0.2, 0.25) is 0 Å². The van der Waals surface area contributed by atoms with Gasteiger partial charge in [0.15, 0.2) is 0 Å². The van der Waals surface area contributed by atoms with Gasteiger partial charge in [-0.3, -0.25) is 0 Å². The summed E-state index contributed by atoms with van der Waals surface area (Å²) in [6.07, 6.45) is 1.66. The Labute approximate surface area is 67.7 Å². The molecule has 1 rings (SSSR count). The van der Waals surface area contributed by atoms with Gasteiger partial charge in [0.1, 0.15) is 0 Å². The van der Waals surface area contributed by atoms with E-state index in [0.29, 0.717) is 23.5 Å². The number of hydrogen-bond acceptors (Lipinski definition) is 1. The molecule has 0 aromatic carbocycles. The maximum absolute atomic E-state index is 6.08. The van der Waals surface area contributed by atoms with Gasteiger partial charge in [-0.1, -0.05) is 6.92 Å². The topological polar surface area (TPSA) is 9.23 Å². The molecule has 4 unspecified atom stereocenters. The monoisotopic (exact) mass is 162 g/mol. The Morgan fingerprint density at radius 2 is 1.90 bits per heavy atom. The zero-order chi connectivity index (χ0) is 7.72. The Morgan fingerprint density at radius 3 is 2.40 bits per heavy atom. The normalized spacial score (nSPS) is 49.2. The first-order valence-corrected chi connectivity index (χ1v) is 4.34. The van der Waals surface area contributed by atoms with Crippen molar-refractivity contribution in [2.45, 2.75) is 44.8 Å². The summed E-state index contributed by atoms with van der Waals surface area (Å²) in [5.41, 5.74) is 0. The van der Waals surface area contributed by atoms with Crippen LogP contribution in [0.3, 0.4) is 0 Å². The minimum atomic E-state index is 0.304. The van der Waals surface area contributed by atoms with Crippen LogP contribution in [0.5, 0.6) is 0 Å². The maximum Gasteiger partial charge on any atom is 0.0590 e. The van der Waals surface area contributed by atoms with Crippen LogP contribution in [0, 0.1) is 5.92 Å². The highest BCUT2D eigenvalue weighted by Crippen LogP contribution is 2.28. The lowest BCUT2D eigenvalue weighted by Gasteiger charge is -2.34. The Balaban J connectivity index is 2.49. The van der Waals surface area contributed by atoms with Gasteiger partial charge in [0.05, 0.1) is 12.2 Å². The van der Waals surface area contributed by atoms with Crippen molar-refractivity contribution < 1.29 is 4.74 Å². The number of halogens is 1. The van der Waals surface area contributed by atoms with Gasteiger partial charge in [-0.25, -0.2) is 0 Å². The van der Waals surface area contributed by atoms with Crippen molar-refractivity contribution in [2.24, 2.45) is 5.92 Å². The van der Waals surface area contributed by atoms with Crippen LogP contribution >= 0.6 is 11.6 Å². The second-order valence-corrected chi connectivity index (χ2v) is 3.82. The number of ether oxygens (including phenoxy) is 1. The van der Waals surface area contributed by atoms with E-state index in [1.165, 1.54) is 0 Å². The summed E-state index contributed by atoms with van der Waals surface area (Å²) in [5.74, 6) is 0.498. The standard InChI is InChI=1S/C8H15ClO/c1-5-4-8(9)6(2)7(3)10-5/h5-8H,4H2,1-3H3. The van der Waals surface area contributed by atoms with E-state index in [-0.39, 0.29) is 0 Å². The molecule has 1 nitrogen and oxygen atoms in total. The molecule has 10 heavy (non-hydrogen) atoms. The van der Waals surface area contributed by atoms with Crippen LogP contribution < -0.4 is 0 Å². The minimum absolute atomic E-state index is 0.304. The molecule has 0 aromatic heterocycles. The number of hydrogen-bond donors (Lipinski definition) is 0. The largest absolute Gasteiger partial charge is 0.375 e. The quantitative estimate of drug-likeness (QED) is 0.498. The summed E-state index contributed by atoms with van der Waals surface area (Å²) in [5, 5.41) is 0.304. The predicted molar refractivity (Wildman–Crippen MR) is 43.4 cm³/mol. The first kappa shape index (κ1) is 8.35. The lowest BCUT2D eigenvalue weighted by Crippen LogP contribution is -2.37. The molecule has 1 fully saturated rings. The molecule has 0 aliphatic carbocycles. The Kier molecular flexibility index (Phi) is 2.59. The molecule has 1 aliphatic heterocycles. The Bertz CT molecular complexity index is 104. The van der Waals surface area contributed by atoms with Crippen molar-refractivity contribution in [3.8, 4) is 0 Å². The fourth-order valence-corrected chi connectivity index (χ4v) is 1.83. The van der Waals surface area contributed by atoms with E-state index in [1.807, 2.05) is 0 Å². The zero-order valence-electron chi connectivity index (χ0n) is 6.80. The van der Waals surface area contributed by atoms with Gasteiger partial charge >= 0.3 is 0 Å². The molecule has 1 saturated heterocycles. The van der Waals surface area contributed by atoms with Crippen LogP contribution in [0.4, 0.5) is 0 Å². The van der Waals surface area contributed by atoms with Crippen LogP contribution in [0.25, 0.3) is 0 Å². The number of rotatable bonds is 0. The average molecular weight is 163 g/mol. The summed E-state index contributed by atoms with van der Waals surface area (Å²) >= 11 is 6.08. The van der Waals surface area contributed by atoms with Gasteiger partial charge in [0.25, 0.3) is 0 Å². The molecule has 1 heterocycles. The highest BCUT2D eigenvalue weighted by Gasteiger charge is 2.29. The maximum atomic E-state index is 6.08. The van der Waals surface area contributed by atoms with Crippen LogP contribution in [0.1, 0.15) is 27.2 Å². The third kappa shape index (κ3) is 1.64. The Morgan fingerprint density at radius 1 is 1.30 bits per heavy atom. The molecule has 0 spiro atoms. The molecule has 0 N–H and O–H groups in total. The van der Waals surface area contributed by atoms with Crippen molar-refractivity contribution in [3.05, 3.63) is 0 Å². The van der Waals surface area contributed by atoms with Gasteiger partial charge in [0, 0.05) is 5.38 Å². The second-order valence-electron chi connectivity index (χ2n) is 3.26.